The number of carbonyl (C=O) groups is 3. The van der Waals surface area contributed by atoms with E-state index in [0.717, 1.165) is 25.7 Å². The maximum absolute atomic E-state index is 12.5. The second-order valence-electron chi connectivity index (χ2n) is 7.29. The number of ketones is 2. The van der Waals surface area contributed by atoms with E-state index >= 15 is 0 Å². The quantitative estimate of drug-likeness (QED) is 0.287. The van der Waals surface area contributed by atoms with Gasteiger partial charge in [0.2, 0.25) is 0 Å². The highest BCUT2D eigenvalue weighted by atomic mass is 16.5. The van der Waals surface area contributed by atoms with Crippen molar-refractivity contribution in [2.24, 2.45) is 16.3 Å². The van der Waals surface area contributed by atoms with Crippen LogP contribution in [0.4, 0.5) is 5.69 Å². The number of carbonyl (C=O) groups excluding carboxylic acids is 3. The number of benzene rings is 1. The number of rotatable bonds is 8. The molecule has 0 saturated heterocycles. The molecule has 0 amide bonds. The van der Waals surface area contributed by atoms with Crippen LogP contribution in [0.3, 0.4) is 0 Å². The van der Waals surface area contributed by atoms with Gasteiger partial charge in [0, 0.05) is 19.1 Å². The fourth-order valence-corrected chi connectivity index (χ4v) is 3.35. The van der Waals surface area contributed by atoms with Crippen molar-refractivity contribution in [1.29, 1.82) is 0 Å². The minimum absolute atomic E-state index is 0.0465. The van der Waals surface area contributed by atoms with Crippen LogP contribution in [0.25, 0.3) is 0 Å². The highest BCUT2D eigenvalue weighted by Crippen LogP contribution is 2.40. The molecule has 1 saturated carbocycles. The van der Waals surface area contributed by atoms with Crippen molar-refractivity contribution < 1.29 is 19.1 Å². The van der Waals surface area contributed by atoms with Gasteiger partial charge in [0.15, 0.2) is 0 Å². The number of ether oxygens (including phenoxy) is 1. The minimum Gasteiger partial charge on any atom is -0.462 e. The van der Waals surface area contributed by atoms with Gasteiger partial charge in [-0.05, 0) is 48.9 Å². The van der Waals surface area contributed by atoms with Gasteiger partial charge in [-0.25, -0.2) is 4.79 Å². The first-order valence-electron chi connectivity index (χ1n) is 9.81. The number of Topliss-reactive ketones (excluding diaryl/α,β-unsaturated/α-hetero) is 2. The molecule has 1 aromatic carbocycles. The topological polar surface area (TPSA) is 72.8 Å². The molecule has 1 aliphatic rings. The predicted octanol–water partition coefficient (Wildman–Crippen LogP) is 4.70. The molecule has 1 aromatic rings. The predicted molar refractivity (Wildman–Crippen MR) is 106 cm³/mol. The Kier molecular flexibility index (Phi) is 7.45. The van der Waals surface area contributed by atoms with E-state index in [1.54, 1.807) is 24.3 Å². The molecule has 1 fully saturated rings. The molecule has 0 atom stereocenters. The molecule has 146 valence electrons. The molecule has 5 heteroatoms. The monoisotopic (exact) mass is 371 g/mol. The summed E-state index contributed by atoms with van der Waals surface area (Å²) in [5.74, 6) is -1.20. The molecule has 0 aliphatic heterocycles. The highest BCUT2D eigenvalue weighted by molar-refractivity contribution is 6.16. The molecule has 0 spiro atoms. The SMILES string of the molecule is CCCCOC(=O)c1ccc(N=CC2C(=O)CC(CC)(CC)CC2=O)cc1. The van der Waals surface area contributed by atoms with Crippen LogP contribution in [0.1, 0.15) is 69.7 Å². The zero-order valence-electron chi connectivity index (χ0n) is 16.5. The maximum atomic E-state index is 12.5. The van der Waals surface area contributed by atoms with Gasteiger partial charge in [-0.15, -0.1) is 0 Å². The van der Waals surface area contributed by atoms with Gasteiger partial charge >= 0.3 is 5.97 Å². The number of hydrogen-bond acceptors (Lipinski definition) is 5. The summed E-state index contributed by atoms with van der Waals surface area (Å²) in [5, 5.41) is 0. The van der Waals surface area contributed by atoms with Gasteiger partial charge < -0.3 is 4.74 Å². The Morgan fingerprint density at radius 2 is 1.70 bits per heavy atom. The highest BCUT2D eigenvalue weighted by Gasteiger charge is 2.42. The summed E-state index contributed by atoms with van der Waals surface area (Å²) in [6.07, 6.45) is 5.80. The molecular formula is C22H29NO4. The summed E-state index contributed by atoms with van der Waals surface area (Å²) in [4.78, 5) is 41.1. The Labute approximate surface area is 161 Å². The van der Waals surface area contributed by atoms with Crippen molar-refractivity contribution >= 4 is 29.4 Å². The largest absolute Gasteiger partial charge is 0.462 e. The van der Waals surface area contributed by atoms with E-state index in [4.69, 9.17) is 4.74 Å². The van der Waals surface area contributed by atoms with Gasteiger partial charge in [0.25, 0.3) is 0 Å². The van der Waals surface area contributed by atoms with Crippen LogP contribution in [-0.4, -0.2) is 30.4 Å². The third-order valence-electron chi connectivity index (χ3n) is 5.50. The molecule has 0 unspecified atom stereocenters. The molecule has 0 aromatic heterocycles. The lowest BCUT2D eigenvalue weighted by Crippen LogP contribution is -2.40. The Balaban J connectivity index is 2.00. The first-order valence-corrected chi connectivity index (χ1v) is 9.81. The molecule has 2 rings (SSSR count). The molecule has 0 radical (unpaired) electrons. The Bertz CT molecular complexity index is 682. The standard InChI is InChI=1S/C22H29NO4/c1-4-7-12-27-21(26)16-8-10-17(11-9-16)23-15-18-19(24)13-22(5-2,6-3)14-20(18)25/h8-11,15,18H,4-7,12-14H2,1-3H3. The summed E-state index contributed by atoms with van der Waals surface area (Å²) >= 11 is 0. The molecule has 5 nitrogen and oxygen atoms in total. The molecule has 0 bridgehead atoms. The van der Waals surface area contributed by atoms with Crippen molar-refractivity contribution in [2.45, 2.75) is 59.3 Å². The smallest absolute Gasteiger partial charge is 0.338 e. The summed E-state index contributed by atoms with van der Waals surface area (Å²) in [6, 6.07) is 6.66. The van der Waals surface area contributed by atoms with E-state index in [9.17, 15) is 14.4 Å². The van der Waals surface area contributed by atoms with Gasteiger partial charge in [0.1, 0.15) is 17.5 Å². The molecule has 27 heavy (non-hydrogen) atoms. The Morgan fingerprint density at radius 1 is 1.11 bits per heavy atom. The lowest BCUT2D eigenvalue weighted by molar-refractivity contribution is -0.137. The van der Waals surface area contributed by atoms with Crippen molar-refractivity contribution in [3.05, 3.63) is 29.8 Å². The van der Waals surface area contributed by atoms with Crippen LogP contribution in [-0.2, 0) is 14.3 Å². The zero-order valence-corrected chi connectivity index (χ0v) is 16.5. The number of aliphatic imine (C=N–C) groups is 1. The average molecular weight is 371 g/mol. The molecule has 0 N–H and O–H groups in total. The fraction of sp³-hybridized carbons (Fsp3) is 0.545. The first-order chi connectivity index (χ1) is 12.9. The van der Waals surface area contributed by atoms with Crippen LogP contribution in [0, 0.1) is 11.3 Å². The van der Waals surface area contributed by atoms with Crippen LogP contribution in [0.15, 0.2) is 29.3 Å². The third-order valence-corrected chi connectivity index (χ3v) is 5.50. The average Bonchev–Trinajstić information content (AvgIpc) is 2.67. The first kappa shape index (κ1) is 21.0. The lowest BCUT2D eigenvalue weighted by Gasteiger charge is -2.36. The fourth-order valence-electron chi connectivity index (χ4n) is 3.35. The molecular weight excluding hydrogens is 342 g/mol. The maximum Gasteiger partial charge on any atom is 0.338 e. The van der Waals surface area contributed by atoms with E-state index in [1.807, 2.05) is 20.8 Å². The summed E-state index contributed by atoms with van der Waals surface area (Å²) in [6.45, 7) is 6.52. The molecule has 0 heterocycles. The number of unbranched alkanes of at least 4 members (excludes halogenated alkanes) is 1. The lowest BCUT2D eigenvalue weighted by atomic mass is 9.66. The van der Waals surface area contributed by atoms with E-state index in [2.05, 4.69) is 4.99 Å². The van der Waals surface area contributed by atoms with Gasteiger partial charge in [-0.1, -0.05) is 27.2 Å². The number of esters is 1. The van der Waals surface area contributed by atoms with Crippen molar-refractivity contribution in [3.8, 4) is 0 Å². The van der Waals surface area contributed by atoms with Crippen LogP contribution in [0.2, 0.25) is 0 Å². The van der Waals surface area contributed by atoms with Crippen molar-refractivity contribution in [3.63, 3.8) is 0 Å². The van der Waals surface area contributed by atoms with E-state index < -0.39 is 5.92 Å². The van der Waals surface area contributed by atoms with Crippen molar-refractivity contribution in [1.82, 2.24) is 0 Å². The van der Waals surface area contributed by atoms with E-state index in [1.165, 1.54) is 6.21 Å². The minimum atomic E-state index is -0.755. The number of nitrogens with zero attached hydrogens (tertiary/aromatic N) is 1. The van der Waals surface area contributed by atoms with Crippen LogP contribution < -0.4 is 0 Å². The Morgan fingerprint density at radius 3 is 2.22 bits per heavy atom. The Hall–Kier alpha value is -2.30. The molecule has 1 aliphatic carbocycles. The summed E-state index contributed by atoms with van der Waals surface area (Å²) in [5.41, 5.74) is 0.882. The van der Waals surface area contributed by atoms with Crippen LogP contribution >= 0.6 is 0 Å². The zero-order chi connectivity index (χ0) is 19.9. The van der Waals surface area contributed by atoms with E-state index in [-0.39, 0.29) is 23.0 Å². The number of hydrogen-bond donors (Lipinski definition) is 0. The van der Waals surface area contributed by atoms with Gasteiger partial charge in [-0.3, -0.25) is 14.6 Å². The van der Waals surface area contributed by atoms with Gasteiger partial charge in [0.05, 0.1) is 17.9 Å². The van der Waals surface area contributed by atoms with E-state index in [0.29, 0.717) is 30.7 Å². The van der Waals surface area contributed by atoms with Gasteiger partial charge in [-0.2, -0.15) is 0 Å². The normalized spacial score (nSPS) is 17.4. The second kappa shape index (κ2) is 9.58. The van der Waals surface area contributed by atoms with Crippen LogP contribution in [0.5, 0.6) is 0 Å². The summed E-state index contributed by atoms with van der Waals surface area (Å²) in [7, 11) is 0. The van der Waals surface area contributed by atoms with Crippen molar-refractivity contribution in [2.75, 3.05) is 6.61 Å². The summed E-state index contributed by atoms with van der Waals surface area (Å²) < 4.78 is 5.17. The third kappa shape index (κ3) is 5.34. The second-order valence-corrected chi connectivity index (χ2v) is 7.29.